The van der Waals surface area contributed by atoms with Crippen LogP contribution in [-0.2, 0) is 11.3 Å². The molecule has 0 aromatic heterocycles. The number of carbonyl (C=O) groups is 2. The van der Waals surface area contributed by atoms with Crippen LogP contribution in [0.15, 0.2) is 30.3 Å². The summed E-state index contributed by atoms with van der Waals surface area (Å²) in [6.07, 6.45) is 2.47. The molecule has 1 aromatic rings. The number of nitrogens with zero attached hydrogens (tertiary/aromatic N) is 2. The number of benzene rings is 1. The van der Waals surface area contributed by atoms with Crippen LogP contribution >= 0.6 is 12.4 Å². The van der Waals surface area contributed by atoms with Crippen molar-refractivity contribution in [3.63, 3.8) is 0 Å². The minimum Gasteiger partial charge on any atom is -0.343 e. The fourth-order valence-electron chi connectivity index (χ4n) is 3.17. The average molecular weight is 383 g/mol. The molecule has 1 aliphatic heterocycles. The van der Waals surface area contributed by atoms with Crippen molar-refractivity contribution in [1.82, 2.24) is 20.4 Å². The van der Waals surface area contributed by atoms with Crippen LogP contribution in [0, 0.1) is 5.92 Å². The van der Waals surface area contributed by atoms with Gasteiger partial charge in [-0.2, -0.15) is 0 Å². The van der Waals surface area contributed by atoms with Crippen LogP contribution in [0.25, 0.3) is 0 Å². The molecular weight excluding hydrogens is 352 g/mol. The third kappa shape index (κ3) is 7.22. The lowest BCUT2D eigenvalue weighted by molar-refractivity contribution is -0.132. The number of likely N-dealkylation sites (tertiary alicyclic amines) is 1. The summed E-state index contributed by atoms with van der Waals surface area (Å²) in [5.74, 6) is 0.800. The number of carbonyl (C=O) groups excluding carboxylic acids is 2. The van der Waals surface area contributed by atoms with Gasteiger partial charge in [0.1, 0.15) is 0 Å². The van der Waals surface area contributed by atoms with Crippen LogP contribution in [-0.4, -0.2) is 62.0 Å². The molecule has 146 valence electrons. The maximum Gasteiger partial charge on any atom is 0.317 e. The van der Waals surface area contributed by atoms with Gasteiger partial charge in [0.2, 0.25) is 5.91 Å². The first-order valence-electron chi connectivity index (χ1n) is 9.05. The minimum absolute atomic E-state index is 0. The highest BCUT2D eigenvalue weighted by molar-refractivity contribution is 5.85. The van der Waals surface area contributed by atoms with E-state index in [1.165, 1.54) is 0 Å². The van der Waals surface area contributed by atoms with Crippen LogP contribution in [0.5, 0.6) is 0 Å². The van der Waals surface area contributed by atoms with Crippen molar-refractivity contribution in [3.05, 3.63) is 35.9 Å². The molecular formula is C19H31ClN4O2. The second-order valence-corrected chi connectivity index (χ2v) is 6.71. The van der Waals surface area contributed by atoms with Gasteiger partial charge in [-0.1, -0.05) is 30.3 Å². The molecule has 0 radical (unpaired) electrons. The van der Waals surface area contributed by atoms with Crippen molar-refractivity contribution in [2.75, 3.05) is 40.3 Å². The number of hydrogen-bond donors (Lipinski definition) is 2. The van der Waals surface area contributed by atoms with E-state index in [-0.39, 0.29) is 24.3 Å². The highest BCUT2D eigenvalue weighted by atomic mass is 35.5. The lowest BCUT2D eigenvalue weighted by atomic mass is 9.96. The summed E-state index contributed by atoms with van der Waals surface area (Å²) < 4.78 is 0. The van der Waals surface area contributed by atoms with Crippen molar-refractivity contribution in [2.24, 2.45) is 5.92 Å². The number of rotatable bonds is 7. The van der Waals surface area contributed by atoms with E-state index in [9.17, 15) is 9.59 Å². The number of piperidine rings is 1. The zero-order valence-corrected chi connectivity index (χ0v) is 16.6. The average Bonchev–Trinajstić information content (AvgIpc) is 2.63. The Labute approximate surface area is 162 Å². The van der Waals surface area contributed by atoms with E-state index in [0.717, 1.165) is 38.0 Å². The van der Waals surface area contributed by atoms with Crippen molar-refractivity contribution in [2.45, 2.75) is 25.8 Å². The number of urea groups is 1. The molecule has 0 bridgehead atoms. The van der Waals surface area contributed by atoms with E-state index in [2.05, 4.69) is 10.6 Å². The molecule has 0 aliphatic carbocycles. The predicted molar refractivity (Wildman–Crippen MR) is 106 cm³/mol. The summed E-state index contributed by atoms with van der Waals surface area (Å²) in [7, 11) is 3.73. The maximum absolute atomic E-state index is 12.3. The van der Waals surface area contributed by atoms with E-state index in [1.54, 1.807) is 11.9 Å². The lowest BCUT2D eigenvalue weighted by Gasteiger charge is -2.32. The first-order chi connectivity index (χ1) is 12.1. The van der Waals surface area contributed by atoms with Gasteiger partial charge in [0.05, 0.1) is 0 Å². The topological polar surface area (TPSA) is 64.7 Å². The Hall–Kier alpha value is -1.79. The largest absolute Gasteiger partial charge is 0.343 e. The van der Waals surface area contributed by atoms with Crippen molar-refractivity contribution in [3.8, 4) is 0 Å². The molecule has 2 rings (SSSR count). The molecule has 1 heterocycles. The monoisotopic (exact) mass is 382 g/mol. The van der Waals surface area contributed by atoms with Crippen LogP contribution in [0.2, 0.25) is 0 Å². The summed E-state index contributed by atoms with van der Waals surface area (Å²) >= 11 is 0. The Morgan fingerprint density at radius 1 is 1.19 bits per heavy atom. The van der Waals surface area contributed by atoms with E-state index in [4.69, 9.17) is 0 Å². The Bertz CT molecular complexity index is 548. The Kier molecular flexibility index (Phi) is 10.1. The smallest absolute Gasteiger partial charge is 0.317 e. The highest BCUT2D eigenvalue weighted by Crippen LogP contribution is 2.16. The van der Waals surface area contributed by atoms with E-state index in [1.807, 2.05) is 42.3 Å². The van der Waals surface area contributed by atoms with Gasteiger partial charge in [-0.25, -0.2) is 4.79 Å². The number of nitrogens with one attached hydrogen (secondary N) is 2. The molecule has 1 aliphatic rings. The summed E-state index contributed by atoms with van der Waals surface area (Å²) in [6.45, 7) is 3.61. The fraction of sp³-hybridized carbons (Fsp3) is 0.579. The molecule has 0 spiro atoms. The van der Waals surface area contributed by atoms with E-state index in [0.29, 0.717) is 25.4 Å². The van der Waals surface area contributed by atoms with Gasteiger partial charge in [-0.05, 0) is 37.9 Å². The highest BCUT2D eigenvalue weighted by Gasteiger charge is 2.22. The van der Waals surface area contributed by atoms with Crippen LogP contribution < -0.4 is 10.6 Å². The molecule has 6 nitrogen and oxygen atoms in total. The maximum atomic E-state index is 12.3. The standard InChI is InChI=1S/C19H30N4O2.ClH/c1-20-14-16-9-12-23(13-10-16)18(24)8-11-21-19(25)22(2)15-17-6-4-3-5-7-17;/h3-7,16,20H,8-15H2,1-2H3,(H,21,25);1H. The number of amides is 3. The van der Waals surface area contributed by atoms with Crippen molar-refractivity contribution in [1.29, 1.82) is 0 Å². The van der Waals surface area contributed by atoms with Crippen molar-refractivity contribution < 1.29 is 9.59 Å². The zero-order valence-electron chi connectivity index (χ0n) is 15.7. The Balaban J connectivity index is 0.00000338. The molecule has 26 heavy (non-hydrogen) atoms. The molecule has 3 amide bonds. The van der Waals surface area contributed by atoms with E-state index >= 15 is 0 Å². The van der Waals surface area contributed by atoms with Gasteiger partial charge in [-0.15, -0.1) is 12.4 Å². The van der Waals surface area contributed by atoms with Crippen LogP contribution in [0.3, 0.4) is 0 Å². The normalized spacial score (nSPS) is 14.5. The van der Waals surface area contributed by atoms with Gasteiger partial charge in [-0.3, -0.25) is 4.79 Å². The van der Waals surface area contributed by atoms with Gasteiger partial charge >= 0.3 is 6.03 Å². The molecule has 1 aromatic carbocycles. The molecule has 2 N–H and O–H groups in total. The quantitative estimate of drug-likeness (QED) is 0.759. The van der Waals surface area contributed by atoms with E-state index < -0.39 is 0 Å². The van der Waals surface area contributed by atoms with Crippen LogP contribution in [0.4, 0.5) is 4.79 Å². The summed E-state index contributed by atoms with van der Waals surface area (Å²) in [4.78, 5) is 27.9. The Morgan fingerprint density at radius 2 is 1.85 bits per heavy atom. The Morgan fingerprint density at radius 3 is 2.46 bits per heavy atom. The summed E-state index contributed by atoms with van der Waals surface area (Å²) in [5.41, 5.74) is 1.08. The number of hydrogen-bond acceptors (Lipinski definition) is 3. The first kappa shape index (κ1) is 22.3. The SMILES string of the molecule is CNCC1CCN(C(=O)CCNC(=O)N(C)Cc2ccccc2)CC1.Cl. The second kappa shape index (κ2) is 11.8. The third-order valence-corrected chi connectivity index (χ3v) is 4.68. The zero-order chi connectivity index (χ0) is 18.1. The van der Waals surface area contributed by atoms with Crippen molar-refractivity contribution >= 4 is 24.3 Å². The second-order valence-electron chi connectivity index (χ2n) is 6.71. The third-order valence-electron chi connectivity index (χ3n) is 4.68. The molecule has 7 heteroatoms. The summed E-state index contributed by atoms with van der Waals surface area (Å²) in [5, 5.41) is 6.03. The summed E-state index contributed by atoms with van der Waals surface area (Å²) in [6, 6.07) is 9.70. The molecule has 1 saturated heterocycles. The van der Waals surface area contributed by atoms with Crippen LogP contribution in [0.1, 0.15) is 24.8 Å². The molecule has 0 unspecified atom stereocenters. The van der Waals surface area contributed by atoms with Gasteiger partial charge < -0.3 is 20.4 Å². The molecule has 1 fully saturated rings. The minimum atomic E-state index is -0.149. The predicted octanol–water partition coefficient (Wildman–Crippen LogP) is 2.10. The number of halogens is 1. The van der Waals surface area contributed by atoms with Gasteiger partial charge in [0, 0.05) is 39.6 Å². The van der Waals surface area contributed by atoms with Gasteiger partial charge in [0.25, 0.3) is 0 Å². The van der Waals surface area contributed by atoms with Gasteiger partial charge in [0.15, 0.2) is 0 Å². The molecule has 0 atom stereocenters. The first-order valence-corrected chi connectivity index (χ1v) is 9.05. The fourth-order valence-corrected chi connectivity index (χ4v) is 3.17. The molecule has 0 saturated carbocycles. The lowest BCUT2D eigenvalue weighted by Crippen LogP contribution is -2.42.